The Morgan fingerprint density at radius 3 is 0.949 bits per heavy atom. The second-order valence-electron chi connectivity index (χ2n) is 24.3. The van der Waals surface area contributed by atoms with Gasteiger partial charge in [-0.25, -0.2) is 0 Å². The summed E-state index contributed by atoms with van der Waals surface area (Å²) < 4.78 is 4.88. The van der Waals surface area contributed by atoms with E-state index in [0.29, 0.717) is 0 Å². The molecule has 0 spiro atoms. The van der Waals surface area contributed by atoms with Crippen molar-refractivity contribution in [2.24, 2.45) is 0 Å². The van der Waals surface area contributed by atoms with E-state index in [1.54, 1.807) is 0 Å². The molecule has 2 nitrogen and oxygen atoms in total. The molecule has 3 aliphatic rings. The summed E-state index contributed by atoms with van der Waals surface area (Å²) in [5, 5.41) is 10.4. The summed E-state index contributed by atoms with van der Waals surface area (Å²) in [6.45, 7) is 14.8. The van der Waals surface area contributed by atoms with E-state index < -0.39 is 0 Å². The topological polar surface area (TPSA) is 9.86 Å². The first-order valence-corrected chi connectivity index (χ1v) is 28.2. The van der Waals surface area contributed by atoms with Gasteiger partial charge in [-0.05, 0) is 195 Å². The molecule has 0 bridgehead atoms. The maximum atomic E-state index is 2.61. The smallest absolute Gasteiger partial charge is 0.0547 e. The van der Waals surface area contributed by atoms with Gasteiger partial charge in [0, 0.05) is 49.2 Å². The molecule has 3 aliphatic carbocycles. The van der Waals surface area contributed by atoms with Gasteiger partial charge in [-0.15, -0.1) is 0 Å². The van der Waals surface area contributed by atoms with Crippen LogP contribution in [0.25, 0.3) is 132 Å². The van der Waals surface area contributed by atoms with Gasteiger partial charge in [-0.3, -0.25) is 0 Å². The van der Waals surface area contributed by atoms with Crippen LogP contribution >= 0.6 is 0 Å². The highest BCUT2D eigenvalue weighted by molar-refractivity contribution is 6.22. The molecule has 0 radical (unpaired) electrons. The maximum absolute atomic E-state index is 2.61. The third-order valence-corrected chi connectivity index (χ3v) is 19.3. The average molecular weight is 1010 g/mol. The molecule has 14 aromatic rings. The molecule has 374 valence electrons. The number of aromatic nitrogens is 2. The van der Waals surface area contributed by atoms with Gasteiger partial charge in [0.25, 0.3) is 0 Å². The van der Waals surface area contributed by atoms with Gasteiger partial charge < -0.3 is 9.13 Å². The van der Waals surface area contributed by atoms with E-state index in [2.05, 4.69) is 281 Å². The fourth-order valence-corrected chi connectivity index (χ4v) is 15.5. The van der Waals surface area contributed by atoms with Crippen LogP contribution in [0.1, 0.15) is 74.9 Å². The summed E-state index contributed by atoms with van der Waals surface area (Å²) in [6.07, 6.45) is 0. The minimum atomic E-state index is -0.255. The zero-order chi connectivity index (χ0) is 52.8. The number of rotatable bonds is 4. The van der Waals surface area contributed by atoms with Gasteiger partial charge in [0.05, 0.1) is 22.1 Å². The summed E-state index contributed by atoms with van der Waals surface area (Å²) in [7, 11) is 0. The van der Waals surface area contributed by atoms with E-state index in [-0.39, 0.29) is 16.2 Å². The summed E-state index contributed by atoms with van der Waals surface area (Å²) in [6, 6.07) is 87.3. The summed E-state index contributed by atoms with van der Waals surface area (Å²) in [4.78, 5) is 0. The molecule has 0 saturated heterocycles. The highest BCUT2D eigenvalue weighted by Crippen LogP contribution is 2.62. The lowest BCUT2D eigenvalue weighted by atomic mass is 9.78. The first-order chi connectivity index (χ1) is 38.5. The molecular formula is C77H56N2. The van der Waals surface area contributed by atoms with Gasteiger partial charge >= 0.3 is 0 Å². The van der Waals surface area contributed by atoms with Crippen molar-refractivity contribution < 1.29 is 0 Å². The largest absolute Gasteiger partial charge is 0.309 e. The first-order valence-electron chi connectivity index (χ1n) is 28.2. The van der Waals surface area contributed by atoms with Crippen LogP contribution in [0.15, 0.2) is 231 Å². The normalized spacial score (nSPS) is 15.0. The monoisotopic (exact) mass is 1010 g/mol. The van der Waals surface area contributed by atoms with Crippen LogP contribution < -0.4 is 0 Å². The van der Waals surface area contributed by atoms with Crippen molar-refractivity contribution in [3.8, 4) is 67.0 Å². The van der Waals surface area contributed by atoms with E-state index in [9.17, 15) is 0 Å². The van der Waals surface area contributed by atoms with Crippen molar-refractivity contribution in [3.05, 3.63) is 264 Å². The van der Waals surface area contributed by atoms with Gasteiger partial charge in [0.15, 0.2) is 0 Å². The van der Waals surface area contributed by atoms with E-state index >= 15 is 0 Å². The standard InChI is InChI=1S/C77H56N2/c1-75(2)61-43-59-63(76(3,4)65-39-55(47-27-13-15-29-49(47)71(59)65)51-33-21-37-69-73(51)53-31-17-19-35-67(53)78(69)45-23-9-7-10-24-45)41-57(61)58-42-64-60(44-62(58)75)72-50-30-16-14-28-48(50)56(40-66(72)77(64,5)6)52-34-22-38-70-74(52)54-32-18-20-36-68(54)79(70)46-25-11-8-12-26-46/h7-44H,1-6H3. The lowest BCUT2D eigenvalue weighted by molar-refractivity contribution is 0.649. The van der Waals surface area contributed by atoms with Crippen molar-refractivity contribution in [3.63, 3.8) is 0 Å². The molecule has 0 unspecified atom stereocenters. The molecule has 0 N–H and O–H groups in total. The zero-order valence-electron chi connectivity index (χ0n) is 45.3. The lowest BCUT2D eigenvalue weighted by Crippen LogP contribution is -2.17. The Hall–Kier alpha value is -9.24. The second kappa shape index (κ2) is 15.5. The fraction of sp³-hybridized carbons (Fsp3) is 0.117. The molecule has 0 amide bonds. The molecule has 17 rings (SSSR count). The molecule has 12 aromatic carbocycles. The fourth-order valence-electron chi connectivity index (χ4n) is 15.5. The average Bonchev–Trinajstić information content (AvgIpc) is 4.39. The molecule has 2 heteroatoms. The van der Waals surface area contributed by atoms with Gasteiger partial charge in [-0.1, -0.05) is 187 Å². The summed E-state index contributed by atoms with van der Waals surface area (Å²) in [5.74, 6) is 0. The zero-order valence-corrected chi connectivity index (χ0v) is 45.3. The lowest BCUT2D eigenvalue weighted by Gasteiger charge is -2.25. The van der Waals surface area contributed by atoms with Crippen molar-refractivity contribution in [1.29, 1.82) is 0 Å². The number of fused-ring (bicyclic) bond motifs is 19. The van der Waals surface area contributed by atoms with Crippen LogP contribution in [-0.4, -0.2) is 9.13 Å². The van der Waals surface area contributed by atoms with Crippen LogP contribution in [0.2, 0.25) is 0 Å². The van der Waals surface area contributed by atoms with Crippen LogP contribution in [0.3, 0.4) is 0 Å². The Morgan fingerprint density at radius 2 is 0.532 bits per heavy atom. The van der Waals surface area contributed by atoms with Crippen LogP contribution in [0, 0.1) is 0 Å². The molecule has 0 atom stereocenters. The van der Waals surface area contributed by atoms with Crippen molar-refractivity contribution >= 4 is 65.2 Å². The Balaban J connectivity index is 0.834. The predicted molar refractivity (Wildman–Crippen MR) is 334 cm³/mol. The van der Waals surface area contributed by atoms with Crippen molar-refractivity contribution in [2.45, 2.75) is 57.8 Å². The number of hydrogen-bond donors (Lipinski definition) is 0. The molecule has 0 aliphatic heterocycles. The molecule has 2 aromatic heterocycles. The number of nitrogens with zero attached hydrogens (tertiary/aromatic N) is 2. The molecule has 79 heavy (non-hydrogen) atoms. The van der Waals surface area contributed by atoms with Gasteiger partial charge in [0.1, 0.15) is 0 Å². The molecular weight excluding hydrogens is 953 g/mol. The highest BCUT2D eigenvalue weighted by atomic mass is 15.0. The number of para-hydroxylation sites is 4. The minimum absolute atomic E-state index is 0.231. The predicted octanol–water partition coefficient (Wildman–Crippen LogP) is 20.4. The van der Waals surface area contributed by atoms with Gasteiger partial charge in [0.2, 0.25) is 0 Å². The van der Waals surface area contributed by atoms with Crippen LogP contribution in [0.4, 0.5) is 0 Å². The Labute approximate surface area is 460 Å². The summed E-state index contributed by atoms with van der Waals surface area (Å²) in [5.41, 5.74) is 28.4. The molecule has 0 fully saturated rings. The van der Waals surface area contributed by atoms with Crippen molar-refractivity contribution in [2.75, 3.05) is 0 Å². The van der Waals surface area contributed by atoms with Crippen LogP contribution in [0.5, 0.6) is 0 Å². The van der Waals surface area contributed by atoms with Gasteiger partial charge in [-0.2, -0.15) is 0 Å². The Morgan fingerprint density at radius 1 is 0.228 bits per heavy atom. The van der Waals surface area contributed by atoms with Crippen LogP contribution in [-0.2, 0) is 16.2 Å². The molecule has 2 heterocycles. The second-order valence-corrected chi connectivity index (χ2v) is 24.3. The highest BCUT2D eigenvalue weighted by Gasteiger charge is 2.46. The van der Waals surface area contributed by atoms with Crippen molar-refractivity contribution in [1.82, 2.24) is 9.13 Å². The van der Waals surface area contributed by atoms with E-state index in [1.807, 2.05) is 0 Å². The first kappa shape index (κ1) is 44.8. The molecule has 0 saturated carbocycles. The Bertz CT molecular complexity index is 4700. The van der Waals surface area contributed by atoms with E-state index in [1.165, 1.54) is 166 Å². The quantitative estimate of drug-likeness (QED) is 0.166. The third-order valence-electron chi connectivity index (χ3n) is 19.3. The maximum Gasteiger partial charge on any atom is 0.0547 e. The van der Waals surface area contributed by atoms with E-state index in [4.69, 9.17) is 0 Å². The minimum Gasteiger partial charge on any atom is -0.309 e. The third kappa shape index (κ3) is 5.76. The number of hydrogen-bond acceptors (Lipinski definition) is 0. The SMILES string of the molecule is CC1(C)c2cc3c(cc2-c2cc4c(cc21)-c1c(cc(-c2cccc5c2c2ccccc2n5-c2ccccc2)c2ccccc12)C4(C)C)C(C)(C)c1cc(-c2cccc4c2c2ccccc2n4-c2ccccc2)c2ccccc2c1-3. The number of benzene rings is 12. The summed E-state index contributed by atoms with van der Waals surface area (Å²) >= 11 is 0. The van der Waals surface area contributed by atoms with E-state index in [0.717, 1.165) is 0 Å². The Kier molecular flexibility index (Phi) is 8.79.